The highest BCUT2D eigenvalue weighted by Crippen LogP contribution is 2.33. The summed E-state index contributed by atoms with van der Waals surface area (Å²) in [5.41, 5.74) is 3.13. The van der Waals surface area contributed by atoms with Crippen LogP contribution >= 0.6 is 11.6 Å². The first-order valence-electron chi connectivity index (χ1n) is 7.04. The predicted octanol–water partition coefficient (Wildman–Crippen LogP) is 5.36. The van der Waals surface area contributed by atoms with Gasteiger partial charge in [0.25, 0.3) is 0 Å². The van der Waals surface area contributed by atoms with Crippen LogP contribution in [0.2, 0.25) is 5.02 Å². The molecule has 1 unspecified atom stereocenters. The summed E-state index contributed by atoms with van der Waals surface area (Å²) in [6.07, 6.45) is 4.46. The zero-order chi connectivity index (χ0) is 13.9. The molecule has 2 aromatic rings. The van der Waals surface area contributed by atoms with Crippen molar-refractivity contribution < 1.29 is 4.39 Å². The van der Waals surface area contributed by atoms with Gasteiger partial charge in [0.15, 0.2) is 5.82 Å². The fourth-order valence-electron chi connectivity index (χ4n) is 2.87. The molecule has 0 fully saturated rings. The van der Waals surface area contributed by atoms with Crippen LogP contribution < -0.4 is 5.32 Å². The minimum absolute atomic E-state index is 0.154. The number of rotatable bonds is 2. The Morgan fingerprint density at radius 1 is 1.05 bits per heavy atom. The standard InChI is InChI=1S/C17H17ClFN/c18-14-9-5-11-16(17(14)19)20-15-10-4-2-7-12-6-1-3-8-13(12)15/h1,3,5-6,8-9,11,15,20H,2,4,7,10H2. The molecular formula is C17H17ClFN. The zero-order valence-corrected chi connectivity index (χ0v) is 12.0. The summed E-state index contributed by atoms with van der Waals surface area (Å²) in [7, 11) is 0. The number of benzene rings is 2. The summed E-state index contributed by atoms with van der Waals surface area (Å²) < 4.78 is 14.0. The molecule has 1 nitrogen and oxygen atoms in total. The lowest BCUT2D eigenvalue weighted by Crippen LogP contribution is -2.12. The lowest BCUT2D eigenvalue weighted by Gasteiger charge is -2.21. The second-order valence-electron chi connectivity index (χ2n) is 5.24. The molecule has 0 radical (unpaired) electrons. The van der Waals surface area contributed by atoms with Crippen molar-refractivity contribution in [2.24, 2.45) is 0 Å². The molecule has 0 spiro atoms. The van der Waals surface area contributed by atoms with Crippen LogP contribution in [0.1, 0.15) is 36.4 Å². The molecule has 1 aliphatic carbocycles. The predicted molar refractivity (Wildman–Crippen MR) is 81.8 cm³/mol. The van der Waals surface area contributed by atoms with E-state index in [1.807, 2.05) is 6.07 Å². The number of anilines is 1. The van der Waals surface area contributed by atoms with Crippen LogP contribution in [0, 0.1) is 5.82 Å². The Hall–Kier alpha value is -1.54. The molecule has 0 amide bonds. The first-order chi connectivity index (χ1) is 9.75. The molecule has 1 N–H and O–H groups in total. The van der Waals surface area contributed by atoms with E-state index in [9.17, 15) is 4.39 Å². The Labute approximate surface area is 123 Å². The van der Waals surface area contributed by atoms with Crippen molar-refractivity contribution in [2.75, 3.05) is 5.32 Å². The fourth-order valence-corrected chi connectivity index (χ4v) is 3.05. The van der Waals surface area contributed by atoms with Gasteiger partial charge in [0, 0.05) is 0 Å². The Balaban J connectivity index is 1.92. The van der Waals surface area contributed by atoms with Crippen LogP contribution in [0.15, 0.2) is 42.5 Å². The van der Waals surface area contributed by atoms with Gasteiger partial charge in [-0.1, -0.05) is 48.4 Å². The SMILES string of the molecule is Fc1c(Cl)cccc1NC1CCCCc2ccccc21. The van der Waals surface area contributed by atoms with E-state index in [1.54, 1.807) is 18.2 Å². The third-order valence-corrected chi connectivity index (χ3v) is 4.19. The van der Waals surface area contributed by atoms with Gasteiger partial charge in [-0.3, -0.25) is 0 Å². The second kappa shape index (κ2) is 5.84. The molecule has 0 heterocycles. The van der Waals surface area contributed by atoms with Crippen LogP contribution in [0.3, 0.4) is 0 Å². The molecule has 0 aliphatic heterocycles. The van der Waals surface area contributed by atoms with Crippen molar-refractivity contribution in [1.82, 2.24) is 0 Å². The Bertz CT molecular complexity index is 612. The number of fused-ring (bicyclic) bond motifs is 1. The summed E-state index contributed by atoms with van der Waals surface area (Å²) in [4.78, 5) is 0. The van der Waals surface area contributed by atoms with Crippen LogP contribution in [0.5, 0.6) is 0 Å². The van der Waals surface area contributed by atoms with Crippen LogP contribution in [-0.4, -0.2) is 0 Å². The van der Waals surface area contributed by atoms with Crippen LogP contribution in [0.4, 0.5) is 10.1 Å². The van der Waals surface area contributed by atoms with Crippen LogP contribution in [-0.2, 0) is 6.42 Å². The summed E-state index contributed by atoms with van der Waals surface area (Å²) in [5.74, 6) is -0.365. The molecule has 1 aliphatic rings. The lowest BCUT2D eigenvalue weighted by atomic mass is 9.99. The van der Waals surface area contributed by atoms with Gasteiger partial charge in [0.05, 0.1) is 16.8 Å². The van der Waals surface area contributed by atoms with Gasteiger partial charge in [-0.25, -0.2) is 4.39 Å². The number of nitrogens with one attached hydrogen (secondary N) is 1. The van der Waals surface area contributed by atoms with Crippen LogP contribution in [0.25, 0.3) is 0 Å². The highest BCUT2D eigenvalue weighted by Gasteiger charge is 2.19. The lowest BCUT2D eigenvalue weighted by molar-refractivity contribution is 0.612. The maximum atomic E-state index is 14.0. The average molecular weight is 290 g/mol. The molecule has 0 bridgehead atoms. The molecule has 104 valence electrons. The third kappa shape index (κ3) is 2.66. The van der Waals surface area contributed by atoms with Crippen molar-refractivity contribution in [2.45, 2.75) is 31.7 Å². The molecule has 1 atom stereocenters. The normalized spacial score (nSPS) is 18.2. The minimum Gasteiger partial charge on any atom is -0.376 e. The van der Waals surface area contributed by atoms with E-state index < -0.39 is 0 Å². The zero-order valence-electron chi connectivity index (χ0n) is 11.2. The van der Waals surface area contributed by atoms with E-state index in [0.717, 1.165) is 19.3 Å². The van der Waals surface area contributed by atoms with Gasteiger partial charge in [0.2, 0.25) is 0 Å². The first kappa shape index (κ1) is 13.4. The van der Waals surface area contributed by atoms with Crippen molar-refractivity contribution in [1.29, 1.82) is 0 Å². The molecule has 3 heteroatoms. The van der Waals surface area contributed by atoms with E-state index in [-0.39, 0.29) is 16.9 Å². The van der Waals surface area contributed by atoms with Gasteiger partial charge in [-0.15, -0.1) is 0 Å². The summed E-state index contributed by atoms with van der Waals surface area (Å²) >= 11 is 5.85. The Kier molecular flexibility index (Phi) is 3.93. The molecule has 20 heavy (non-hydrogen) atoms. The smallest absolute Gasteiger partial charge is 0.164 e. The molecule has 3 rings (SSSR count). The topological polar surface area (TPSA) is 12.0 Å². The monoisotopic (exact) mass is 289 g/mol. The minimum atomic E-state index is -0.365. The number of hydrogen-bond donors (Lipinski definition) is 1. The van der Waals surface area contributed by atoms with E-state index in [2.05, 4.69) is 23.5 Å². The fraction of sp³-hybridized carbons (Fsp3) is 0.294. The summed E-state index contributed by atoms with van der Waals surface area (Å²) in [6, 6.07) is 13.7. The molecule has 0 saturated carbocycles. The number of hydrogen-bond acceptors (Lipinski definition) is 1. The van der Waals surface area contributed by atoms with Gasteiger partial charge in [-0.2, -0.15) is 0 Å². The maximum absolute atomic E-state index is 14.0. The van der Waals surface area contributed by atoms with Crippen molar-refractivity contribution in [3.63, 3.8) is 0 Å². The van der Waals surface area contributed by atoms with E-state index in [1.165, 1.54) is 17.5 Å². The summed E-state index contributed by atoms with van der Waals surface area (Å²) in [6.45, 7) is 0. The van der Waals surface area contributed by atoms with Gasteiger partial charge >= 0.3 is 0 Å². The van der Waals surface area contributed by atoms with Crippen molar-refractivity contribution in [3.8, 4) is 0 Å². The van der Waals surface area contributed by atoms with Crippen molar-refractivity contribution >= 4 is 17.3 Å². The maximum Gasteiger partial charge on any atom is 0.164 e. The molecule has 0 aromatic heterocycles. The molecule has 0 saturated heterocycles. The van der Waals surface area contributed by atoms with E-state index >= 15 is 0 Å². The number of halogens is 2. The molecular weight excluding hydrogens is 273 g/mol. The Morgan fingerprint density at radius 2 is 1.90 bits per heavy atom. The average Bonchev–Trinajstić information content (AvgIpc) is 2.67. The summed E-state index contributed by atoms with van der Waals surface area (Å²) in [5, 5.41) is 3.49. The van der Waals surface area contributed by atoms with Gasteiger partial charge in [0.1, 0.15) is 0 Å². The third-order valence-electron chi connectivity index (χ3n) is 3.90. The van der Waals surface area contributed by atoms with Gasteiger partial charge in [-0.05, 0) is 42.5 Å². The second-order valence-corrected chi connectivity index (χ2v) is 5.65. The quantitative estimate of drug-likeness (QED) is 0.734. The largest absolute Gasteiger partial charge is 0.376 e. The van der Waals surface area contributed by atoms with Gasteiger partial charge < -0.3 is 5.32 Å². The molecule has 2 aromatic carbocycles. The van der Waals surface area contributed by atoms with E-state index in [0.29, 0.717) is 5.69 Å². The Morgan fingerprint density at radius 3 is 2.80 bits per heavy atom. The van der Waals surface area contributed by atoms with E-state index in [4.69, 9.17) is 11.6 Å². The highest BCUT2D eigenvalue weighted by atomic mass is 35.5. The van der Waals surface area contributed by atoms with Crippen molar-refractivity contribution in [3.05, 3.63) is 64.4 Å². The highest BCUT2D eigenvalue weighted by molar-refractivity contribution is 6.31. The first-order valence-corrected chi connectivity index (χ1v) is 7.42. The number of aryl methyl sites for hydroxylation is 1.